The van der Waals surface area contributed by atoms with Gasteiger partial charge in [-0.2, -0.15) is 0 Å². The molecule has 162 valence electrons. The summed E-state index contributed by atoms with van der Waals surface area (Å²) in [5, 5.41) is 0. The fourth-order valence-corrected chi connectivity index (χ4v) is 3.54. The second-order valence-electron chi connectivity index (χ2n) is 7.68. The summed E-state index contributed by atoms with van der Waals surface area (Å²) in [6.07, 6.45) is 1.84. The van der Waals surface area contributed by atoms with Gasteiger partial charge in [0.1, 0.15) is 19.0 Å². The Kier molecular flexibility index (Phi) is 7.43. The molecule has 0 saturated carbocycles. The van der Waals surface area contributed by atoms with Crippen LogP contribution >= 0.6 is 0 Å². The number of aryl methyl sites for hydroxylation is 2. The highest BCUT2D eigenvalue weighted by molar-refractivity contribution is 5.43. The van der Waals surface area contributed by atoms with Gasteiger partial charge in [-0.25, -0.2) is 0 Å². The van der Waals surface area contributed by atoms with Gasteiger partial charge in [0.2, 0.25) is 0 Å². The van der Waals surface area contributed by atoms with E-state index in [1.165, 1.54) is 16.7 Å². The SMILES string of the molecule is COc1cc(CCc2cccc(OCc3ccccc3)c2)ccc1OCc1ccccc1. The largest absolute Gasteiger partial charge is 0.493 e. The zero-order valence-electron chi connectivity index (χ0n) is 18.4. The number of rotatable bonds is 10. The molecule has 0 heterocycles. The molecule has 0 unspecified atom stereocenters. The molecule has 4 aromatic carbocycles. The van der Waals surface area contributed by atoms with Crippen molar-refractivity contribution in [3.8, 4) is 17.2 Å². The number of methoxy groups -OCH3 is 1. The predicted molar refractivity (Wildman–Crippen MR) is 128 cm³/mol. The third kappa shape index (κ3) is 6.14. The van der Waals surface area contributed by atoms with Gasteiger partial charge in [-0.05, 0) is 59.4 Å². The van der Waals surface area contributed by atoms with Gasteiger partial charge in [0.15, 0.2) is 11.5 Å². The van der Waals surface area contributed by atoms with Crippen molar-refractivity contribution in [1.82, 2.24) is 0 Å². The Morgan fingerprint density at radius 3 is 1.75 bits per heavy atom. The minimum atomic E-state index is 0.520. The Labute approximate surface area is 190 Å². The van der Waals surface area contributed by atoms with E-state index in [1.807, 2.05) is 48.5 Å². The van der Waals surface area contributed by atoms with E-state index in [2.05, 4.69) is 54.6 Å². The van der Waals surface area contributed by atoms with Crippen LogP contribution in [0, 0.1) is 0 Å². The molecule has 4 rings (SSSR count). The summed E-state index contributed by atoms with van der Waals surface area (Å²) in [5.41, 5.74) is 4.76. The van der Waals surface area contributed by atoms with Crippen LogP contribution < -0.4 is 14.2 Å². The third-order valence-electron chi connectivity index (χ3n) is 5.31. The van der Waals surface area contributed by atoms with Gasteiger partial charge in [-0.15, -0.1) is 0 Å². The van der Waals surface area contributed by atoms with Crippen molar-refractivity contribution in [2.75, 3.05) is 7.11 Å². The van der Waals surface area contributed by atoms with Crippen molar-refractivity contribution in [1.29, 1.82) is 0 Å². The van der Waals surface area contributed by atoms with Crippen LogP contribution in [-0.4, -0.2) is 7.11 Å². The number of hydrogen-bond donors (Lipinski definition) is 0. The molecular formula is C29H28O3. The first kappa shape index (κ1) is 21.5. The van der Waals surface area contributed by atoms with Gasteiger partial charge >= 0.3 is 0 Å². The fourth-order valence-electron chi connectivity index (χ4n) is 3.54. The van der Waals surface area contributed by atoms with Crippen LogP contribution in [0.3, 0.4) is 0 Å². The first-order chi connectivity index (χ1) is 15.8. The summed E-state index contributed by atoms with van der Waals surface area (Å²) < 4.78 is 17.5. The molecule has 0 aliphatic heterocycles. The van der Waals surface area contributed by atoms with Crippen LogP contribution in [0.2, 0.25) is 0 Å². The molecule has 0 aromatic heterocycles. The second kappa shape index (κ2) is 11.1. The quantitative estimate of drug-likeness (QED) is 0.286. The standard InChI is InChI=1S/C29H28O3/c1-30-29-20-24(17-18-28(29)32-22-26-11-6-3-7-12-26)16-15-23-13-8-14-27(19-23)31-21-25-9-4-2-5-10-25/h2-14,17-20H,15-16,21-22H2,1H3. The van der Waals surface area contributed by atoms with Crippen molar-refractivity contribution in [3.05, 3.63) is 125 Å². The predicted octanol–water partition coefficient (Wildman–Crippen LogP) is 6.64. The Bertz CT molecular complexity index is 1110. The zero-order chi connectivity index (χ0) is 22.0. The first-order valence-electron chi connectivity index (χ1n) is 10.9. The molecule has 0 aliphatic rings. The summed E-state index contributed by atoms with van der Waals surface area (Å²) in [4.78, 5) is 0. The normalized spacial score (nSPS) is 10.5. The van der Waals surface area contributed by atoms with E-state index in [9.17, 15) is 0 Å². The van der Waals surface area contributed by atoms with Crippen molar-refractivity contribution in [2.45, 2.75) is 26.1 Å². The van der Waals surface area contributed by atoms with Gasteiger partial charge in [0.25, 0.3) is 0 Å². The maximum absolute atomic E-state index is 5.97. The third-order valence-corrected chi connectivity index (χ3v) is 5.31. The summed E-state index contributed by atoms with van der Waals surface area (Å²) in [5.74, 6) is 2.42. The van der Waals surface area contributed by atoms with Crippen LogP contribution in [0.5, 0.6) is 17.2 Å². The minimum absolute atomic E-state index is 0.520. The number of hydrogen-bond acceptors (Lipinski definition) is 3. The van der Waals surface area contributed by atoms with Crippen LogP contribution in [0.4, 0.5) is 0 Å². The van der Waals surface area contributed by atoms with E-state index in [0.29, 0.717) is 13.2 Å². The maximum Gasteiger partial charge on any atom is 0.161 e. The highest BCUT2D eigenvalue weighted by Gasteiger charge is 2.07. The monoisotopic (exact) mass is 424 g/mol. The minimum Gasteiger partial charge on any atom is -0.493 e. The van der Waals surface area contributed by atoms with E-state index in [0.717, 1.165) is 35.7 Å². The lowest BCUT2D eigenvalue weighted by atomic mass is 10.0. The Morgan fingerprint density at radius 2 is 1.09 bits per heavy atom. The summed E-state index contributed by atoms with van der Waals surface area (Å²) >= 11 is 0. The molecule has 32 heavy (non-hydrogen) atoms. The highest BCUT2D eigenvalue weighted by atomic mass is 16.5. The molecule has 0 spiro atoms. The Balaban J connectivity index is 1.34. The van der Waals surface area contributed by atoms with E-state index >= 15 is 0 Å². The van der Waals surface area contributed by atoms with E-state index in [1.54, 1.807) is 7.11 Å². The van der Waals surface area contributed by atoms with Crippen molar-refractivity contribution in [3.63, 3.8) is 0 Å². The maximum atomic E-state index is 5.97. The topological polar surface area (TPSA) is 27.7 Å². The van der Waals surface area contributed by atoms with E-state index < -0.39 is 0 Å². The molecule has 0 N–H and O–H groups in total. The first-order valence-corrected chi connectivity index (χ1v) is 10.9. The van der Waals surface area contributed by atoms with Gasteiger partial charge in [0, 0.05) is 0 Å². The average Bonchev–Trinajstić information content (AvgIpc) is 2.86. The number of benzene rings is 4. The molecule has 0 amide bonds. The van der Waals surface area contributed by atoms with Crippen LogP contribution in [0.1, 0.15) is 22.3 Å². The molecule has 3 nitrogen and oxygen atoms in total. The van der Waals surface area contributed by atoms with Gasteiger partial charge in [-0.3, -0.25) is 0 Å². The van der Waals surface area contributed by atoms with Crippen LogP contribution in [0.25, 0.3) is 0 Å². The Morgan fingerprint density at radius 1 is 0.500 bits per heavy atom. The molecule has 0 fully saturated rings. The summed E-state index contributed by atoms with van der Waals surface area (Å²) in [7, 11) is 1.68. The summed E-state index contributed by atoms with van der Waals surface area (Å²) in [6.45, 7) is 1.10. The van der Waals surface area contributed by atoms with Crippen molar-refractivity contribution < 1.29 is 14.2 Å². The van der Waals surface area contributed by atoms with Crippen molar-refractivity contribution in [2.24, 2.45) is 0 Å². The van der Waals surface area contributed by atoms with E-state index in [4.69, 9.17) is 14.2 Å². The lowest BCUT2D eigenvalue weighted by Crippen LogP contribution is -1.99. The molecule has 0 saturated heterocycles. The average molecular weight is 425 g/mol. The van der Waals surface area contributed by atoms with Gasteiger partial charge < -0.3 is 14.2 Å². The molecule has 0 atom stereocenters. The molecule has 3 heteroatoms. The lowest BCUT2D eigenvalue weighted by molar-refractivity contribution is 0.284. The second-order valence-corrected chi connectivity index (χ2v) is 7.68. The molecular weight excluding hydrogens is 396 g/mol. The Hall–Kier alpha value is -3.72. The lowest BCUT2D eigenvalue weighted by Gasteiger charge is -2.13. The van der Waals surface area contributed by atoms with E-state index in [-0.39, 0.29) is 0 Å². The van der Waals surface area contributed by atoms with Gasteiger partial charge in [-0.1, -0.05) is 78.9 Å². The number of ether oxygens (including phenoxy) is 3. The molecule has 4 aromatic rings. The van der Waals surface area contributed by atoms with Gasteiger partial charge in [0.05, 0.1) is 7.11 Å². The smallest absolute Gasteiger partial charge is 0.161 e. The molecule has 0 aliphatic carbocycles. The zero-order valence-corrected chi connectivity index (χ0v) is 18.4. The fraction of sp³-hybridized carbons (Fsp3) is 0.172. The summed E-state index contributed by atoms with van der Waals surface area (Å²) in [6, 6.07) is 34.9. The molecule has 0 radical (unpaired) electrons. The van der Waals surface area contributed by atoms with Crippen LogP contribution in [-0.2, 0) is 26.1 Å². The highest BCUT2D eigenvalue weighted by Crippen LogP contribution is 2.29. The van der Waals surface area contributed by atoms with Crippen LogP contribution in [0.15, 0.2) is 103 Å². The van der Waals surface area contributed by atoms with Crippen molar-refractivity contribution >= 4 is 0 Å². The molecule has 0 bridgehead atoms.